The maximum absolute atomic E-state index is 12.8. The molecular weight excluding hydrogens is 385 g/mol. The van der Waals surface area contributed by atoms with Crippen molar-refractivity contribution in [2.24, 2.45) is 0 Å². The predicted molar refractivity (Wildman–Crippen MR) is 108 cm³/mol. The number of hydrogen-bond donors (Lipinski definition) is 1. The average molecular weight is 406 g/mol. The Balaban J connectivity index is 1.64. The average Bonchev–Trinajstić information content (AvgIpc) is 2.65. The van der Waals surface area contributed by atoms with Crippen LogP contribution >= 0.6 is 23.2 Å². The van der Waals surface area contributed by atoms with Crippen molar-refractivity contribution >= 4 is 40.8 Å². The monoisotopic (exact) mass is 405 g/mol. The summed E-state index contributed by atoms with van der Waals surface area (Å²) in [7, 11) is 1.58. The maximum atomic E-state index is 12.8. The number of hydrogen-bond acceptors (Lipinski definition) is 2. The Hall–Kier alpha value is -2.24. The summed E-state index contributed by atoms with van der Waals surface area (Å²) in [5, 5.41) is 3.31. The van der Waals surface area contributed by atoms with Crippen molar-refractivity contribution in [3.63, 3.8) is 0 Å². The second-order valence-electron chi connectivity index (χ2n) is 6.60. The summed E-state index contributed by atoms with van der Waals surface area (Å²) >= 11 is 12.1. The molecule has 3 rings (SSSR count). The lowest BCUT2D eigenvalue weighted by Crippen LogP contribution is -2.45. The van der Waals surface area contributed by atoms with Crippen molar-refractivity contribution in [3.8, 4) is 0 Å². The molecule has 1 atom stereocenters. The summed E-state index contributed by atoms with van der Waals surface area (Å²) in [5.41, 5.74) is 2.85. The highest BCUT2D eigenvalue weighted by molar-refractivity contribution is 6.43. The van der Waals surface area contributed by atoms with Crippen LogP contribution in [0.15, 0.2) is 42.5 Å². The summed E-state index contributed by atoms with van der Waals surface area (Å²) in [4.78, 5) is 28.3. The number of anilines is 1. The van der Waals surface area contributed by atoms with Gasteiger partial charge in [-0.2, -0.15) is 0 Å². The van der Waals surface area contributed by atoms with Crippen LogP contribution < -0.4 is 5.32 Å². The molecule has 7 heteroatoms. The first-order valence-electron chi connectivity index (χ1n) is 8.72. The Labute approximate surface area is 168 Å². The van der Waals surface area contributed by atoms with E-state index >= 15 is 0 Å². The molecule has 5 nitrogen and oxygen atoms in total. The Kier molecular flexibility index (Phi) is 5.92. The predicted octanol–water partition coefficient (Wildman–Crippen LogP) is 4.60. The van der Waals surface area contributed by atoms with Crippen LogP contribution in [-0.4, -0.2) is 41.9 Å². The number of carbonyl (C=O) groups excluding carboxylic acids is 2. The van der Waals surface area contributed by atoms with Gasteiger partial charge >= 0.3 is 6.03 Å². The molecule has 1 heterocycles. The quantitative estimate of drug-likeness (QED) is 0.810. The van der Waals surface area contributed by atoms with Crippen LogP contribution in [0.25, 0.3) is 0 Å². The van der Waals surface area contributed by atoms with Crippen molar-refractivity contribution in [2.45, 2.75) is 19.4 Å². The first-order valence-corrected chi connectivity index (χ1v) is 9.47. The van der Waals surface area contributed by atoms with E-state index in [0.29, 0.717) is 17.3 Å². The van der Waals surface area contributed by atoms with Gasteiger partial charge in [-0.25, -0.2) is 4.79 Å². The number of carbonyl (C=O) groups is 2. The summed E-state index contributed by atoms with van der Waals surface area (Å²) in [6, 6.07) is 12.7. The van der Waals surface area contributed by atoms with Gasteiger partial charge in [0.25, 0.3) is 0 Å². The second-order valence-corrected chi connectivity index (χ2v) is 7.38. The number of nitrogens with zero attached hydrogens (tertiary/aromatic N) is 2. The third-order valence-corrected chi connectivity index (χ3v) is 5.65. The molecule has 2 aromatic carbocycles. The summed E-state index contributed by atoms with van der Waals surface area (Å²) in [6.45, 7) is 2.64. The Morgan fingerprint density at radius 1 is 1.19 bits per heavy atom. The lowest BCUT2D eigenvalue weighted by Gasteiger charge is -2.36. The van der Waals surface area contributed by atoms with Gasteiger partial charge in [0.2, 0.25) is 5.91 Å². The van der Waals surface area contributed by atoms with Crippen molar-refractivity contribution in [1.82, 2.24) is 9.80 Å². The third-order valence-electron chi connectivity index (χ3n) is 4.83. The van der Waals surface area contributed by atoms with Crippen LogP contribution in [0.5, 0.6) is 0 Å². The van der Waals surface area contributed by atoms with E-state index in [4.69, 9.17) is 23.2 Å². The molecule has 0 saturated carbocycles. The molecule has 27 heavy (non-hydrogen) atoms. The minimum absolute atomic E-state index is 0.0127. The minimum atomic E-state index is -0.419. The highest BCUT2D eigenvalue weighted by atomic mass is 35.5. The standard InChI is InChI=1S/C20H21Cl2N3O2/c1-13-15-7-4-3-6-14(15)10-11-25(13)18(26)12-24(2)20(27)23-17-9-5-8-16(21)19(17)22/h3-9,13H,10-12H2,1-2H3,(H,23,27). The molecular formula is C20H21Cl2N3O2. The van der Waals surface area contributed by atoms with Gasteiger partial charge in [-0.05, 0) is 36.6 Å². The zero-order valence-electron chi connectivity index (χ0n) is 15.2. The van der Waals surface area contributed by atoms with Gasteiger partial charge in [0.15, 0.2) is 0 Å². The number of rotatable bonds is 3. The molecule has 3 amide bonds. The van der Waals surface area contributed by atoms with Crippen LogP contribution in [0, 0.1) is 0 Å². The number of halogens is 2. The number of nitrogens with one attached hydrogen (secondary N) is 1. The molecule has 0 aliphatic carbocycles. The fraction of sp³-hybridized carbons (Fsp3) is 0.300. The lowest BCUT2D eigenvalue weighted by atomic mass is 9.93. The molecule has 0 fully saturated rings. The molecule has 1 N–H and O–H groups in total. The summed E-state index contributed by atoms with van der Waals surface area (Å²) in [5.74, 6) is -0.0909. The zero-order valence-corrected chi connectivity index (χ0v) is 16.7. The smallest absolute Gasteiger partial charge is 0.322 e. The molecule has 1 aliphatic heterocycles. The van der Waals surface area contributed by atoms with E-state index in [1.165, 1.54) is 10.5 Å². The number of amides is 3. The minimum Gasteiger partial charge on any atom is -0.334 e. The largest absolute Gasteiger partial charge is 0.334 e. The molecule has 0 radical (unpaired) electrons. The number of fused-ring (bicyclic) bond motifs is 1. The number of benzene rings is 2. The van der Waals surface area contributed by atoms with Gasteiger partial charge in [-0.1, -0.05) is 53.5 Å². The Bertz CT molecular complexity index is 872. The van der Waals surface area contributed by atoms with Crippen molar-refractivity contribution < 1.29 is 9.59 Å². The van der Waals surface area contributed by atoms with Crippen LogP contribution in [-0.2, 0) is 11.2 Å². The lowest BCUT2D eigenvalue weighted by molar-refractivity contribution is -0.134. The molecule has 0 saturated heterocycles. The fourth-order valence-electron chi connectivity index (χ4n) is 3.29. The molecule has 0 spiro atoms. The van der Waals surface area contributed by atoms with Gasteiger partial charge in [0, 0.05) is 13.6 Å². The van der Waals surface area contributed by atoms with Crippen LogP contribution in [0.2, 0.25) is 10.0 Å². The topological polar surface area (TPSA) is 52.7 Å². The summed E-state index contributed by atoms with van der Waals surface area (Å²) < 4.78 is 0. The van der Waals surface area contributed by atoms with Gasteiger partial charge in [-0.15, -0.1) is 0 Å². The number of likely N-dealkylation sites (N-methyl/N-ethyl adjacent to an activating group) is 1. The highest BCUT2D eigenvalue weighted by Gasteiger charge is 2.28. The van der Waals surface area contributed by atoms with E-state index in [-0.39, 0.29) is 23.5 Å². The third kappa shape index (κ3) is 4.20. The fourth-order valence-corrected chi connectivity index (χ4v) is 3.64. The molecule has 142 valence electrons. The van der Waals surface area contributed by atoms with Crippen molar-refractivity contribution in [3.05, 3.63) is 63.6 Å². The zero-order chi connectivity index (χ0) is 19.6. The molecule has 1 unspecified atom stereocenters. The molecule has 0 bridgehead atoms. The first-order chi connectivity index (χ1) is 12.9. The number of urea groups is 1. The SMILES string of the molecule is CC1c2ccccc2CCN1C(=O)CN(C)C(=O)Nc1cccc(Cl)c1Cl. The van der Waals surface area contributed by atoms with E-state index < -0.39 is 6.03 Å². The van der Waals surface area contributed by atoms with E-state index in [2.05, 4.69) is 17.4 Å². The van der Waals surface area contributed by atoms with Gasteiger partial charge in [-0.3, -0.25) is 4.79 Å². The van der Waals surface area contributed by atoms with Crippen LogP contribution in [0.4, 0.5) is 10.5 Å². The van der Waals surface area contributed by atoms with E-state index in [0.717, 1.165) is 12.0 Å². The van der Waals surface area contributed by atoms with Crippen LogP contribution in [0.1, 0.15) is 24.1 Å². The van der Waals surface area contributed by atoms with E-state index in [9.17, 15) is 9.59 Å². The van der Waals surface area contributed by atoms with Gasteiger partial charge in [0.05, 0.1) is 21.8 Å². The van der Waals surface area contributed by atoms with Crippen LogP contribution in [0.3, 0.4) is 0 Å². The van der Waals surface area contributed by atoms with Gasteiger partial charge < -0.3 is 15.1 Å². The first kappa shape index (κ1) is 19.5. The van der Waals surface area contributed by atoms with E-state index in [1.807, 2.05) is 24.0 Å². The van der Waals surface area contributed by atoms with Gasteiger partial charge in [0.1, 0.15) is 6.54 Å². The molecule has 2 aromatic rings. The second kappa shape index (κ2) is 8.19. The summed E-state index contributed by atoms with van der Waals surface area (Å²) in [6.07, 6.45) is 0.820. The van der Waals surface area contributed by atoms with Crippen molar-refractivity contribution in [1.29, 1.82) is 0 Å². The van der Waals surface area contributed by atoms with E-state index in [1.54, 1.807) is 25.2 Å². The maximum Gasteiger partial charge on any atom is 0.322 e. The molecule has 1 aliphatic rings. The Morgan fingerprint density at radius 2 is 1.93 bits per heavy atom. The normalized spacial score (nSPS) is 15.9. The molecule has 0 aromatic heterocycles. The highest BCUT2D eigenvalue weighted by Crippen LogP contribution is 2.30. The van der Waals surface area contributed by atoms with Crippen molar-refractivity contribution in [2.75, 3.05) is 25.5 Å². The Morgan fingerprint density at radius 3 is 2.70 bits per heavy atom.